The van der Waals surface area contributed by atoms with Gasteiger partial charge >= 0.3 is 5.97 Å². The summed E-state index contributed by atoms with van der Waals surface area (Å²) in [6, 6.07) is 7.19. The monoisotopic (exact) mass is 337 g/mol. The number of piperidine rings is 1. The summed E-state index contributed by atoms with van der Waals surface area (Å²) in [6.45, 7) is 6.74. The molecule has 1 saturated heterocycles. The van der Waals surface area contributed by atoms with E-state index in [-0.39, 0.29) is 24.9 Å². The number of hydrogen-bond donors (Lipinski definition) is 1. The van der Waals surface area contributed by atoms with Crippen molar-refractivity contribution in [2.75, 3.05) is 19.8 Å². The molecule has 0 unspecified atom stereocenters. The Bertz CT molecular complexity index is 602. The van der Waals surface area contributed by atoms with Gasteiger partial charge in [0.2, 0.25) is 5.91 Å². The molecule has 1 heterocycles. The Morgan fingerprint density at radius 2 is 2.13 bits per heavy atom. The molecular weight excluding hydrogens is 318 g/mol. The molecular formula is C17H20ClNO4. The molecule has 1 aliphatic heterocycles. The summed E-state index contributed by atoms with van der Waals surface area (Å²) in [5, 5.41) is 3.14. The Kier molecular flexibility index (Phi) is 6.19. The highest BCUT2D eigenvalue weighted by molar-refractivity contribution is 6.31. The van der Waals surface area contributed by atoms with Gasteiger partial charge in [0.05, 0.1) is 6.61 Å². The zero-order valence-corrected chi connectivity index (χ0v) is 13.8. The van der Waals surface area contributed by atoms with Crippen LogP contribution in [0.4, 0.5) is 0 Å². The first-order valence-corrected chi connectivity index (χ1v) is 7.89. The van der Waals surface area contributed by atoms with Crippen LogP contribution in [0.15, 0.2) is 36.5 Å². The summed E-state index contributed by atoms with van der Waals surface area (Å²) >= 11 is 6.24. The van der Waals surface area contributed by atoms with E-state index in [1.165, 1.54) is 0 Å². The zero-order valence-electron chi connectivity index (χ0n) is 13.0. The number of halogens is 1. The zero-order chi connectivity index (χ0) is 16.8. The first kappa shape index (κ1) is 17.5. The quantitative estimate of drug-likeness (QED) is 0.640. The van der Waals surface area contributed by atoms with Crippen LogP contribution in [0.5, 0.6) is 0 Å². The van der Waals surface area contributed by atoms with Crippen LogP contribution in [0.1, 0.15) is 24.8 Å². The van der Waals surface area contributed by atoms with Crippen LogP contribution in [0, 0.1) is 5.92 Å². The Morgan fingerprint density at radius 3 is 2.83 bits per heavy atom. The molecule has 2 rings (SSSR count). The van der Waals surface area contributed by atoms with Crippen LogP contribution in [0.2, 0.25) is 5.02 Å². The van der Waals surface area contributed by atoms with Crippen molar-refractivity contribution in [3.8, 4) is 0 Å². The molecule has 0 saturated carbocycles. The Morgan fingerprint density at radius 1 is 1.39 bits per heavy atom. The van der Waals surface area contributed by atoms with E-state index in [1.807, 2.05) is 19.1 Å². The third kappa shape index (κ3) is 4.33. The molecule has 23 heavy (non-hydrogen) atoms. The van der Waals surface area contributed by atoms with Crippen LogP contribution in [0.25, 0.3) is 0 Å². The van der Waals surface area contributed by atoms with Gasteiger partial charge in [-0.3, -0.25) is 9.59 Å². The number of rotatable bonds is 6. The predicted octanol–water partition coefficient (Wildman–Crippen LogP) is 2.65. The maximum Gasteiger partial charge on any atom is 0.315 e. The molecule has 0 spiro atoms. The van der Waals surface area contributed by atoms with Gasteiger partial charge in [0.15, 0.2) is 0 Å². The molecule has 1 fully saturated rings. The predicted molar refractivity (Wildman–Crippen MR) is 87.0 cm³/mol. The molecule has 6 heteroatoms. The van der Waals surface area contributed by atoms with Gasteiger partial charge in [-0.25, -0.2) is 0 Å². The highest BCUT2D eigenvalue weighted by Gasteiger charge is 2.39. The smallest absolute Gasteiger partial charge is 0.315 e. The van der Waals surface area contributed by atoms with Crippen LogP contribution < -0.4 is 5.32 Å². The second kappa shape index (κ2) is 8.13. The molecule has 1 N–H and O–H groups in total. The number of nitrogens with one attached hydrogen (secondary N) is 1. The van der Waals surface area contributed by atoms with E-state index in [4.69, 9.17) is 21.1 Å². The van der Waals surface area contributed by atoms with Crippen molar-refractivity contribution in [1.82, 2.24) is 5.32 Å². The van der Waals surface area contributed by atoms with E-state index >= 15 is 0 Å². The van der Waals surface area contributed by atoms with Gasteiger partial charge in [-0.1, -0.05) is 36.4 Å². The Balaban J connectivity index is 2.19. The molecule has 0 radical (unpaired) electrons. The molecule has 1 aliphatic rings. The Labute approximate surface area is 140 Å². The third-order valence-corrected chi connectivity index (χ3v) is 4.06. The Hall–Kier alpha value is -1.85. The largest absolute Gasteiger partial charge is 0.463 e. The van der Waals surface area contributed by atoms with Crippen molar-refractivity contribution in [1.29, 1.82) is 0 Å². The van der Waals surface area contributed by atoms with Crippen LogP contribution in [-0.2, 0) is 19.1 Å². The molecule has 2 atom stereocenters. The lowest BCUT2D eigenvalue weighted by Gasteiger charge is -2.32. The van der Waals surface area contributed by atoms with Gasteiger partial charge in [0.1, 0.15) is 12.5 Å². The molecule has 1 aromatic rings. The summed E-state index contributed by atoms with van der Waals surface area (Å²) in [7, 11) is 0. The van der Waals surface area contributed by atoms with Crippen LogP contribution in [-0.4, -0.2) is 31.7 Å². The minimum absolute atomic E-state index is 0.161. The molecule has 5 nitrogen and oxygen atoms in total. The number of carbonyl (C=O) groups is 2. The van der Waals surface area contributed by atoms with Crippen molar-refractivity contribution < 1.29 is 19.1 Å². The van der Waals surface area contributed by atoms with Gasteiger partial charge < -0.3 is 14.8 Å². The fourth-order valence-electron chi connectivity index (χ4n) is 2.68. The minimum atomic E-state index is -0.658. The summed E-state index contributed by atoms with van der Waals surface area (Å²) in [4.78, 5) is 24.3. The number of carbonyl (C=O) groups excluding carboxylic acids is 2. The number of benzene rings is 1. The van der Waals surface area contributed by atoms with Crippen molar-refractivity contribution in [3.63, 3.8) is 0 Å². The van der Waals surface area contributed by atoms with E-state index in [1.54, 1.807) is 12.1 Å². The highest BCUT2D eigenvalue weighted by atomic mass is 35.5. The van der Waals surface area contributed by atoms with Crippen molar-refractivity contribution >= 4 is 23.5 Å². The second-order valence-electron chi connectivity index (χ2n) is 5.25. The molecule has 1 amide bonds. The molecule has 124 valence electrons. The summed E-state index contributed by atoms with van der Waals surface area (Å²) in [6.07, 6.45) is 0.161. The van der Waals surface area contributed by atoms with E-state index in [0.717, 1.165) is 5.56 Å². The van der Waals surface area contributed by atoms with Gasteiger partial charge in [-0.05, 0) is 18.6 Å². The number of ether oxygens (including phenoxy) is 2. The summed E-state index contributed by atoms with van der Waals surface area (Å²) < 4.78 is 10.4. The van der Waals surface area contributed by atoms with E-state index in [9.17, 15) is 9.59 Å². The SMILES string of the molecule is C=C1NC(=O)C[C@H](c2ccccc2Cl)[C@H]1C(=O)OCCOCC. The lowest BCUT2D eigenvalue weighted by Crippen LogP contribution is -2.41. The molecule has 0 bridgehead atoms. The average molecular weight is 338 g/mol. The lowest BCUT2D eigenvalue weighted by atomic mass is 9.79. The normalized spacial score (nSPS) is 21.0. The highest BCUT2D eigenvalue weighted by Crippen LogP contribution is 2.38. The summed E-state index contributed by atoms with van der Waals surface area (Å²) in [5.74, 6) is -1.66. The third-order valence-electron chi connectivity index (χ3n) is 3.72. The van der Waals surface area contributed by atoms with Gasteiger partial charge in [0.25, 0.3) is 0 Å². The van der Waals surface area contributed by atoms with E-state index in [2.05, 4.69) is 11.9 Å². The van der Waals surface area contributed by atoms with E-state index < -0.39 is 11.9 Å². The molecule has 1 aromatic carbocycles. The topological polar surface area (TPSA) is 64.6 Å². The van der Waals surface area contributed by atoms with Crippen LogP contribution >= 0.6 is 11.6 Å². The minimum Gasteiger partial charge on any atom is -0.463 e. The second-order valence-corrected chi connectivity index (χ2v) is 5.65. The van der Waals surface area contributed by atoms with Gasteiger partial charge in [0, 0.05) is 29.7 Å². The number of amides is 1. The van der Waals surface area contributed by atoms with Crippen molar-refractivity contribution in [2.45, 2.75) is 19.3 Å². The summed E-state index contributed by atoms with van der Waals surface area (Å²) in [5.41, 5.74) is 1.09. The maximum absolute atomic E-state index is 12.4. The first-order valence-electron chi connectivity index (χ1n) is 7.52. The van der Waals surface area contributed by atoms with Gasteiger partial charge in [-0.2, -0.15) is 0 Å². The lowest BCUT2D eigenvalue weighted by molar-refractivity contribution is -0.150. The van der Waals surface area contributed by atoms with Gasteiger partial charge in [-0.15, -0.1) is 0 Å². The molecule has 0 aliphatic carbocycles. The molecule has 0 aromatic heterocycles. The standard InChI is InChI=1S/C17H20ClNO4/c1-3-22-8-9-23-17(21)16-11(2)19-15(20)10-13(16)12-6-4-5-7-14(12)18/h4-7,13,16H,2-3,8-10H2,1H3,(H,19,20)/t13-,16+/m1/s1. The maximum atomic E-state index is 12.4. The fraction of sp³-hybridized carbons (Fsp3) is 0.412. The number of hydrogen-bond acceptors (Lipinski definition) is 4. The first-order chi connectivity index (χ1) is 11.0. The average Bonchev–Trinajstić information content (AvgIpc) is 2.51. The number of esters is 1. The fourth-order valence-corrected chi connectivity index (χ4v) is 2.95. The van der Waals surface area contributed by atoms with E-state index in [0.29, 0.717) is 23.9 Å². The van der Waals surface area contributed by atoms with Crippen molar-refractivity contribution in [3.05, 3.63) is 47.1 Å². The van der Waals surface area contributed by atoms with Crippen LogP contribution in [0.3, 0.4) is 0 Å². The van der Waals surface area contributed by atoms with Crippen molar-refractivity contribution in [2.24, 2.45) is 5.92 Å².